The Balaban J connectivity index is 1.79. The first-order chi connectivity index (χ1) is 16.9. The molecular formula is C30H44O7. The van der Waals surface area contributed by atoms with E-state index in [4.69, 9.17) is 5.11 Å². The van der Waals surface area contributed by atoms with Crippen LogP contribution >= 0.6 is 0 Å². The number of carbonyl (C=O) groups is 3. The molecule has 7 heteroatoms. The predicted octanol–water partition coefficient (Wildman–Crippen LogP) is 3.84. The van der Waals surface area contributed by atoms with Gasteiger partial charge in [-0.05, 0) is 72.3 Å². The Morgan fingerprint density at radius 3 is 2.27 bits per heavy atom. The Labute approximate surface area is 220 Å². The molecule has 0 radical (unpaired) electrons. The second-order valence-corrected chi connectivity index (χ2v) is 13.7. The Kier molecular flexibility index (Phi) is 6.74. The Morgan fingerprint density at radius 2 is 1.68 bits per heavy atom. The number of carboxylic acids is 1. The van der Waals surface area contributed by atoms with Crippen molar-refractivity contribution in [3.8, 4) is 0 Å². The lowest BCUT2D eigenvalue weighted by Gasteiger charge is -2.62. The van der Waals surface area contributed by atoms with Crippen LogP contribution in [0.2, 0.25) is 0 Å². The quantitative estimate of drug-likeness (QED) is 0.408. The molecule has 37 heavy (non-hydrogen) atoms. The summed E-state index contributed by atoms with van der Waals surface area (Å²) in [7, 11) is 0. The average Bonchev–Trinajstić information content (AvgIpc) is 2.99. The number of aliphatic hydroxyl groups is 3. The number of fused-ring (bicyclic) bond motifs is 4. The lowest BCUT2D eigenvalue weighted by Crippen LogP contribution is -2.60. The first kappa shape index (κ1) is 28.2. The maximum Gasteiger partial charge on any atom is 0.306 e. The summed E-state index contributed by atoms with van der Waals surface area (Å²) in [4.78, 5) is 37.9. The number of rotatable bonds is 5. The second-order valence-electron chi connectivity index (χ2n) is 13.7. The van der Waals surface area contributed by atoms with E-state index in [0.717, 1.165) is 5.57 Å². The molecule has 2 saturated carbocycles. The minimum absolute atomic E-state index is 0.00820. The highest BCUT2D eigenvalue weighted by Crippen LogP contribution is 2.71. The van der Waals surface area contributed by atoms with Crippen molar-refractivity contribution >= 4 is 17.5 Å². The van der Waals surface area contributed by atoms with Gasteiger partial charge in [0.15, 0.2) is 11.6 Å². The van der Waals surface area contributed by atoms with Gasteiger partial charge in [-0.3, -0.25) is 14.4 Å². The van der Waals surface area contributed by atoms with Crippen LogP contribution < -0.4 is 0 Å². The van der Waals surface area contributed by atoms with E-state index in [1.165, 1.54) is 13.0 Å². The summed E-state index contributed by atoms with van der Waals surface area (Å²) in [5, 5.41) is 43.2. The SMILES string of the molecule is C/C(=C/C(=O)C[C@@H](C)C(=O)O)[C@H]1C[C@H](O)[C@@]2(C)C3=C(C(=O)C[C@]12C)[C@@]1(C)CC[C@H](O)C(C)(C)[C@H]1C[C@@H]3O. The molecule has 4 aliphatic rings. The number of Topliss-reactive ketones (excluding diaryl/α,β-unsaturated/α-hetero) is 1. The molecule has 0 unspecified atom stereocenters. The molecule has 0 spiro atoms. The van der Waals surface area contributed by atoms with Crippen molar-refractivity contribution < 1.29 is 34.8 Å². The van der Waals surface area contributed by atoms with Crippen molar-refractivity contribution in [1.82, 2.24) is 0 Å². The highest BCUT2D eigenvalue weighted by atomic mass is 16.4. The number of aliphatic carboxylic acids is 1. The van der Waals surface area contributed by atoms with Gasteiger partial charge in [0.2, 0.25) is 0 Å². The third-order valence-electron chi connectivity index (χ3n) is 11.4. The first-order valence-corrected chi connectivity index (χ1v) is 13.7. The summed E-state index contributed by atoms with van der Waals surface area (Å²) in [5.41, 5.74) is -0.477. The largest absolute Gasteiger partial charge is 0.481 e. The van der Waals surface area contributed by atoms with Crippen molar-refractivity contribution in [3.63, 3.8) is 0 Å². The fourth-order valence-electron chi connectivity index (χ4n) is 8.96. The summed E-state index contributed by atoms with van der Waals surface area (Å²) >= 11 is 0. The number of ketones is 2. The molecule has 0 aromatic carbocycles. The number of hydrogen-bond donors (Lipinski definition) is 4. The van der Waals surface area contributed by atoms with Gasteiger partial charge in [0.05, 0.1) is 24.2 Å². The van der Waals surface area contributed by atoms with Gasteiger partial charge in [0.1, 0.15) is 0 Å². The zero-order chi connectivity index (χ0) is 27.9. The molecule has 4 rings (SSSR count). The molecule has 9 atom stereocenters. The number of carboxylic acid groups (broad SMARTS) is 1. The number of carbonyl (C=O) groups excluding carboxylic acids is 2. The van der Waals surface area contributed by atoms with Gasteiger partial charge >= 0.3 is 5.97 Å². The molecule has 2 fully saturated rings. The molecular weight excluding hydrogens is 472 g/mol. The molecule has 0 saturated heterocycles. The predicted molar refractivity (Wildman–Crippen MR) is 138 cm³/mol. The number of allylic oxidation sites excluding steroid dienone is 3. The lowest BCUT2D eigenvalue weighted by molar-refractivity contribution is -0.142. The van der Waals surface area contributed by atoms with Crippen LogP contribution in [0.3, 0.4) is 0 Å². The van der Waals surface area contributed by atoms with E-state index in [1.54, 1.807) is 0 Å². The first-order valence-electron chi connectivity index (χ1n) is 13.7. The summed E-state index contributed by atoms with van der Waals surface area (Å²) in [5.74, 6) is -2.44. The Morgan fingerprint density at radius 1 is 1.05 bits per heavy atom. The fourth-order valence-corrected chi connectivity index (χ4v) is 8.96. The summed E-state index contributed by atoms with van der Waals surface area (Å²) in [6.45, 7) is 13.4. The standard InChI is InChI=1S/C30H44O7/c1-15(10-17(31)11-16(2)26(36)37)18-12-23(35)30(7)25-19(32)13-21-27(3,4)22(34)8-9-28(21,5)24(25)20(33)14-29(18,30)6/h10,16,18-19,21-23,32,34-35H,8-9,11-14H2,1-7H3,(H,36,37)/b15-10-/t16-,18-,19+,21-,22+,23+,28+,29-,30+/m1/s1. The molecule has 206 valence electrons. The van der Waals surface area contributed by atoms with Gasteiger partial charge in [-0.25, -0.2) is 0 Å². The van der Waals surface area contributed by atoms with Crippen LogP contribution in [0, 0.1) is 39.4 Å². The van der Waals surface area contributed by atoms with Crippen LogP contribution in [-0.2, 0) is 14.4 Å². The van der Waals surface area contributed by atoms with Crippen molar-refractivity contribution in [3.05, 3.63) is 22.8 Å². The molecule has 0 bridgehead atoms. The molecule has 7 nitrogen and oxygen atoms in total. The van der Waals surface area contributed by atoms with Gasteiger partial charge < -0.3 is 20.4 Å². The van der Waals surface area contributed by atoms with E-state index in [-0.39, 0.29) is 36.2 Å². The average molecular weight is 517 g/mol. The van der Waals surface area contributed by atoms with Crippen LogP contribution in [-0.4, -0.2) is 56.3 Å². The molecule has 0 aromatic heterocycles. The van der Waals surface area contributed by atoms with Gasteiger partial charge in [0, 0.05) is 23.8 Å². The Hall–Kier alpha value is -1.83. The van der Waals surface area contributed by atoms with Crippen LogP contribution in [0.4, 0.5) is 0 Å². The molecule has 0 aliphatic heterocycles. The van der Waals surface area contributed by atoms with E-state index in [2.05, 4.69) is 6.92 Å². The van der Waals surface area contributed by atoms with E-state index in [0.29, 0.717) is 36.8 Å². The highest BCUT2D eigenvalue weighted by molar-refractivity contribution is 6.00. The fraction of sp³-hybridized carbons (Fsp3) is 0.767. The van der Waals surface area contributed by atoms with Crippen molar-refractivity contribution in [1.29, 1.82) is 0 Å². The van der Waals surface area contributed by atoms with Gasteiger partial charge in [0.25, 0.3) is 0 Å². The molecule has 0 aromatic rings. The smallest absolute Gasteiger partial charge is 0.306 e. The second kappa shape index (κ2) is 8.85. The number of hydrogen-bond acceptors (Lipinski definition) is 6. The van der Waals surface area contributed by atoms with E-state index in [9.17, 15) is 29.7 Å². The minimum Gasteiger partial charge on any atom is -0.481 e. The van der Waals surface area contributed by atoms with E-state index in [1.807, 2.05) is 34.6 Å². The summed E-state index contributed by atoms with van der Waals surface area (Å²) < 4.78 is 0. The molecule has 0 amide bonds. The summed E-state index contributed by atoms with van der Waals surface area (Å²) in [6, 6.07) is 0. The molecule has 4 N–H and O–H groups in total. The normalized spacial score (nSPS) is 44.1. The maximum absolute atomic E-state index is 14.1. The highest BCUT2D eigenvalue weighted by Gasteiger charge is 2.69. The van der Waals surface area contributed by atoms with Crippen LogP contribution in [0.5, 0.6) is 0 Å². The van der Waals surface area contributed by atoms with Crippen LogP contribution in [0.25, 0.3) is 0 Å². The van der Waals surface area contributed by atoms with Crippen molar-refractivity contribution in [2.75, 3.05) is 0 Å². The maximum atomic E-state index is 14.1. The third-order valence-corrected chi connectivity index (χ3v) is 11.4. The van der Waals surface area contributed by atoms with E-state index < -0.39 is 51.9 Å². The zero-order valence-corrected chi connectivity index (χ0v) is 23.3. The van der Waals surface area contributed by atoms with Gasteiger partial charge in [-0.2, -0.15) is 0 Å². The van der Waals surface area contributed by atoms with Gasteiger partial charge in [-0.1, -0.05) is 47.1 Å². The Bertz CT molecular complexity index is 1090. The van der Waals surface area contributed by atoms with Crippen molar-refractivity contribution in [2.45, 2.75) is 105 Å². The third kappa shape index (κ3) is 3.82. The lowest BCUT2D eigenvalue weighted by atomic mass is 9.42. The molecule has 4 aliphatic carbocycles. The minimum atomic E-state index is -1.02. The van der Waals surface area contributed by atoms with E-state index >= 15 is 0 Å². The summed E-state index contributed by atoms with van der Waals surface area (Å²) in [6.07, 6.45) is 1.39. The topological polar surface area (TPSA) is 132 Å². The molecule has 0 heterocycles. The monoisotopic (exact) mass is 516 g/mol. The zero-order valence-electron chi connectivity index (χ0n) is 23.3. The van der Waals surface area contributed by atoms with Gasteiger partial charge in [-0.15, -0.1) is 0 Å². The van der Waals surface area contributed by atoms with Crippen LogP contribution in [0.1, 0.15) is 87.0 Å². The van der Waals surface area contributed by atoms with Crippen molar-refractivity contribution in [2.24, 2.45) is 39.4 Å². The van der Waals surface area contributed by atoms with Crippen LogP contribution in [0.15, 0.2) is 22.8 Å². The number of aliphatic hydroxyl groups excluding tert-OH is 3.